The first kappa shape index (κ1) is 15.6. The Morgan fingerprint density at radius 1 is 1.21 bits per heavy atom. The molecular weight excluding hydrogens is 302 g/mol. The Labute approximate surface area is 143 Å². The number of ether oxygens (including phenoxy) is 2. The highest BCUT2D eigenvalue weighted by Gasteiger charge is 2.47. The number of fused-ring (bicyclic) bond motifs is 1. The zero-order valence-corrected chi connectivity index (χ0v) is 14.3. The average molecular weight is 327 g/mol. The van der Waals surface area contributed by atoms with Crippen LogP contribution < -0.4 is 4.74 Å². The smallest absolute Gasteiger partial charge is 0.227 e. The molecule has 0 aromatic heterocycles. The summed E-state index contributed by atoms with van der Waals surface area (Å²) in [6.07, 6.45) is 9.71. The van der Waals surface area contributed by atoms with Crippen molar-refractivity contribution in [3.63, 3.8) is 0 Å². The van der Waals surface area contributed by atoms with E-state index in [9.17, 15) is 4.79 Å². The molecule has 0 N–H and O–H groups in total. The van der Waals surface area contributed by atoms with Crippen LogP contribution in [0.15, 0.2) is 36.2 Å². The molecule has 1 amide bonds. The summed E-state index contributed by atoms with van der Waals surface area (Å²) in [4.78, 5) is 14.5. The zero-order chi connectivity index (χ0) is 16.6. The first-order chi connectivity index (χ1) is 11.7. The number of benzene rings is 1. The molecule has 3 aliphatic rings. The lowest BCUT2D eigenvalue weighted by molar-refractivity contribution is -0.137. The predicted molar refractivity (Wildman–Crippen MR) is 91.3 cm³/mol. The van der Waals surface area contributed by atoms with Crippen molar-refractivity contribution in [1.29, 1.82) is 0 Å². The molecule has 2 aliphatic heterocycles. The van der Waals surface area contributed by atoms with Crippen molar-refractivity contribution in [1.82, 2.24) is 4.90 Å². The summed E-state index contributed by atoms with van der Waals surface area (Å²) in [6.45, 7) is 0.537. The summed E-state index contributed by atoms with van der Waals surface area (Å²) < 4.78 is 11.2. The fraction of sp³-hybridized carbons (Fsp3) is 0.550. The standard InChI is InChI=1S/C20H25NO3/c1-23-17-6-4-15(5-7-17)14-24-18-10-16-11-20(8-2-3-9-20)12-19(22)21(16)13-18/h4-7,13,16H,2-3,8-12,14H2,1H3. The lowest BCUT2D eigenvalue weighted by Crippen LogP contribution is -2.45. The zero-order valence-electron chi connectivity index (χ0n) is 14.3. The molecule has 1 aromatic carbocycles. The fourth-order valence-corrected chi connectivity index (χ4v) is 4.57. The van der Waals surface area contributed by atoms with E-state index in [1.165, 1.54) is 25.7 Å². The minimum Gasteiger partial charge on any atom is -0.497 e. The second kappa shape index (κ2) is 6.15. The summed E-state index contributed by atoms with van der Waals surface area (Å²) in [5.41, 5.74) is 1.40. The van der Waals surface area contributed by atoms with Crippen molar-refractivity contribution in [2.24, 2.45) is 5.41 Å². The number of nitrogens with zero attached hydrogens (tertiary/aromatic N) is 1. The van der Waals surface area contributed by atoms with Crippen LogP contribution in [0.25, 0.3) is 0 Å². The van der Waals surface area contributed by atoms with Gasteiger partial charge in [-0.1, -0.05) is 25.0 Å². The molecular formula is C20H25NO3. The minimum atomic E-state index is 0.288. The van der Waals surface area contributed by atoms with Crippen LogP contribution in [0.5, 0.6) is 5.75 Å². The molecule has 1 aliphatic carbocycles. The molecule has 1 aromatic rings. The summed E-state index contributed by atoms with van der Waals surface area (Å²) in [5, 5.41) is 0. The number of rotatable bonds is 4. The third kappa shape index (κ3) is 2.90. The molecule has 24 heavy (non-hydrogen) atoms. The normalized spacial score (nSPS) is 24.9. The van der Waals surface area contributed by atoms with Crippen LogP contribution in [0.3, 0.4) is 0 Å². The number of hydrogen-bond acceptors (Lipinski definition) is 3. The van der Waals surface area contributed by atoms with Crippen LogP contribution in [0.2, 0.25) is 0 Å². The summed E-state index contributed by atoms with van der Waals surface area (Å²) in [6, 6.07) is 8.23. The van der Waals surface area contributed by atoms with E-state index in [-0.39, 0.29) is 11.3 Å². The highest BCUT2D eigenvalue weighted by atomic mass is 16.5. The number of carbonyl (C=O) groups excluding carboxylic acids is 1. The van der Waals surface area contributed by atoms with E-state index in [2.05, 4.69) is 0 Å². The third-order valence-corrected chi connectivity index (χ3v) is 5.84. The van der Waals surface area contributed by atoms with Crippen LogP contribution in [-0.4, -0.2) is 24.0 Å². The van der Waals surface area contributed by atoms with Gasteiger partial charge in [-0.2, -0.15) is 0 Å². The van der Waals surface area contributed by atoms with Gasteiger partial charge in [-0.05, 0) is 42.4 Å². The summed E-state index contributed by atoms with van der Waals surface area (Å²) >= 11 is 0. The monoisotopic (exact) mass is 327 g/mol. The quantitative estimate of drug-likeness (QED) is 0.839. The molecule has 4 nitrogen and oxygen atoms in total. The van der Waals surface area contributed by atoms with E-state index >= 15 is 0 Å². The van der Waals surface area contributed by atoms with Crippen LogP contribution in [0, 0.1) is 5.41 Å². The Hall–Kier alpha value is -1.97. The van der Waals surface area contributed by atoms with Crippen molar-refractivity contribution in [3.05, 3.63) is 41.8 Å². The Morgan fingerprint density at radius 2 is 1.96 bits per heavy atom. The van der Waals surface area contributed by atoms with Crippen molar-refractivity contribution in [3.8, 4) is 5.75 Å². The largest absolute Gasteiger partial charge is 0.497 e. The summed E-state index contributed by atoms with van der Waals surface area (Å²) in [7, 11) is 1.67. The van der Waals surface area contributed by atoms with Crippen LogP contribution in [-0.2, 0) is 16.1 Å². The van der Waals surface area contributed by atoms with Gasteiger partial charge in [0.05, 0.1) is 7.11 Å². The first-order valence-corrected chi connectivity index (χ1v) is 8.95. The maximum atomic E-state index is 12.5. The highest BCUT2D eigenvalue weighted by molar-refractivity contribution is 5.80. The number of hydrogen-bond donors (Lipinski definition) is 0. The Morgan fingerprint density at radius 3 is 2.67 bits per heavy atom. The number of piperidine rings is 1. The van der Waals surface area contributed by atoms with Gasteiger partial charge in [0, 0.05) is 25.1 Å². The SMILES string of the molecule is COc1ccc(COC2=CN3C(=O)CC4(CCCC4)CC3C2)cc1. The lowest BCUT2D eigenvalue weighted by atomic mass is 9.73. The van der Waals surface area contributed by atoms with Gasteiger partial charge in [-0.3, -0.25) is 4.79 Å². The molecule has 0 bridgehead atoms. The second-order valence-electron chi connectivity index (χ2n) is 7.48. The van der Waals surface area contributed by atoms with E-state index in [4.69, 9.17) is 9.47 Å². The van der Waals surface area contributed by atoms with E-state index in [1.807, 2.05) is 35.4 Å². The molecule has 4 heteroatoms. The topological polar surface area (TPSA) is 38.8 Å². The van der Waals surface area contributed by atoms with Gasteiger partial charge in [-0.25, -0.2) is 0 Å². The van der Waals surface area contributed by atoms with Crippen LogP contribution >= 0.6 is 0 Å². The van der Waals surface area contributed by atoms with Crippen molar-refractivity contribution >= 4 is 5.91 Å². The minimum absolute atomic E-state index is 0.288. The van der Waals surface area contributed by atoms with E-state index in [0.29, 0.717) is 12.6 Å². The van der Waals surface area contributed by atoms with Crippen molar-refractivity contribution < 1.29 is 14.3 Å². The van der Waals surface area contributed by atoms with Crippen LogP contribution in [0.1, 0.15) is 50.5 Å². The van der Waals surface area contributed by atoms with E-state index in [1.54, 1.807) is 7.11 Å². The number of carbonyl (C=O) groups is 1. The average Bonchev–Trinajstić information content (AvgIpc) is 3.21. The number of amides is 1. The van der Waals surface area contributed by atoms with Gasteiger partial charge in [-0.15, -0.1) is 0 Å². The molecule has 1 saturated heterocycles. The lowest BCUT2D eigenvalue weighted by Gasteiger charge is -2.40. The van der Waals surface area contributed by atoms with Gasteiger partial charge >= 0.3 is 0 Å². The molecule has 1 atom stereocenters. The Kier molecular flexibility index (Phi) is 3.99. The number of methoxy groups -OCH3 is 1. The molecule has 2 heterocycles. The van der Waals surface area contributed by atoms with Crippen molar-refractivity contribution in [2.45, 2.75) is 57.6 Å². The molecule has 1 saturated carbocycles. The maximum absolute atomic E-state index is 12.5. The van der Waals surface area contributed by atoms with E-state index < -0.39 is 0 Å². The Balaban J connectivity index is 1.38. The molecule has 128 valence electrons. The van der Waals surface area contributed by atoms with Crippen molar-refractivity contribution in [2.75, 3.05) is 7.11 Å². The molecule has 1 spiro atoms. The highest BCUT2D eigenvalue weighted by Crippen LogP contribution is 2.50. The Bertz CT molecular complexity index is 643. The molecule has 1 unspecified atom stereocenters. The van der Waals surface area contributed by atoms with Gasteiger partial charge in [0.25, 0.3) is 0 Å². The van der Waals surface area contributed by atoms with Gasteiger partial charge < -0.3 is 14.4 Å². The molecule has 2 fully saturated rings. The second-order valence-corrected chi connectivity index (χ2v) is 7.48. The van der Waals surface area contributed by atoms with Crippen LogP contribution in [0.4, 0.5) is 0 Å². The predicted octanol–water partition coefficient (Wildman–Crippen LogP) is 4.01. The van der Waals surface area contributed by atoms with Gasteiger partial charge in [0.1, 0.15) is 18.1 Å². The van der Waals surface area contributed by atoms with Gasteiger partial charge in [0.2, 0.25) is 5.91 Å². The van der Waals surface area contributed by atoms with E-state index in [0.717, 1.165) is 36.3 Å². The van der Waals surface area contributed by atoms with Gasteiger partial charge in [0.15, 0.2) is 0 Å². The fourth-order valence-electron chi connectivity index (χ4n) is 4.57. The summed E-state index contributed by atoms with van der Waals surface area (Å²) in [5.74, 6) is 2.08. The maximum Gasteiger partial charge on any atom is 0.227 e. The molecule has 0 radical (unpaired) electrons. The third-order valence-electron chi connectivity index (χ3n) is 5.84. The first-order valence-electron chi connectivity index (χ1n) is 8.95. The molecule has 4 rings (SSSR count).